The van der Waals surface area contributed by atoms with Crippen molar-refractivity contribution in [3.8, 4) is 5.75 Å². The number of anilines is 1. The van der Waals surface area contributed by atoms with Crippen LogP contribution in [0.15, 0.2) is 53.1 Å². The van der Waals surface area contributed by atoms with Gasteiger partial charge < -0.3 is 14.6 Å². The number of nitrogens with one attached hydrogen (secondary N) is 1. The van der Waals surface area contributed by atoms with Gasteiger partial charge in [0.1, 0.15) is 17.1 Å². The maximum absolute atomic E-state index is 12.5. The number of benzene rings is 2. The van der Waals surface area contributed by atoms with Crippen LogP contribution in [-0.2, 0) is 0 Å². The molecule has 0 aliphatic heterocycles. The predicted octanol–water partition coefficient (Wildman–Crippen LogP) is 4.72. The first-order valence-electron chi connectivity index (χ1n) is 8.23. The number of ether oxygens (including phenoxy) is 1. The Balaban J connectivity index is 1.78. The van der Waals surface area contributed by atoms with Gasteiger partial charge in [0.2, 0.25) is 0 Å². The quantitative estimate of drug-likeness (QED) is 0.724. The van der Waals surface area contributed by atoms with E-state index in [1.807, 2.05) is 55.5 Å². The highest BCUT2D eigenvalue weighted by molar-refractivity contribution is 6.05. The lowest BCUT2D eigenvalue weighted by Crippen LogP contribution is -2.12. The van der Waals surface area contributed by atoms with Gasteiger partial charge in [-0.1, -0.05) is 41.1 Å². The van der Waals surface area contributed by atoms with Crippen LogP contribution in [0.1, 0.15) is 32.9 Å². The molecule has 1 aromatic heterocycles. The van der Waals surface area contributed by atoms with Gasteiger partial charge in [-0.2, -0.15) is 0 Å². The molecule has 132 valence electrons. The number of amides is 1. The van der Waals surface area contributed by atoms with E-state index in [0.717, 1.165) is 16.9 Å². The third-order valence-corrected chi connectivity index (χ3v) is 3.99. The number of carbonyl (C=O) groups is 1. The van der Waals surface area contributed by atoms with E-state index in [0.29, 0.717) is 22.7 Å². The molecule has 0 fully saturated rings. The zero-order valence-corrected chi connectivity index (χ0v) is 14.9. The van der Waals surface area contributed by atoms with E-state index in [2.05, 4.69) is 10.5 Å². The second-order valence-electron chi connectivity index (χ2n) is 5.93. The minimum Gasteiger partial charge on any atom is -0.497 e. The molecule has 1 N–H and O–H groups in total. The molecule has 5 nitrogen and oxygen atoms in total. The smallest absolute Gasteiger partial charge is 0.255 e. The number of rotatable bonds is 5. The second kappa shape index (κ2) is 7.70. The zero-order chi connectivity index (χ0) is 18.5. The largest absolute Gasteiger partial charge is 0.497 e. The van der Waals surface area contributed by atoms with Crippen LogP contribution in [-0.4, -0.2) is 18.2 Å². The molecule has 0 unspecified atom stereocenters. The summed E-state index contributed by atoms with van der Waals surface area (Å²) >= 11 is 0. The van der Waals surface area contributed by atoms with E-state index >= 15 is 0 Å². The van der Waals surface area contributed by atoms with Crippen molar-refractivity contribution < 1.29 is 14.1 Å². The Hall–Kier alpha value is -3.34. The van der Waals surface area contributed by atoms with E-state index in [4.69, 9.17) is 9.26 Å². The van der Waals surface area contributed by atoms with Gasteiger partial charge in [-0.3, -0.25) is 4.79 Å². The van der Waals surface area contributed by atoms with Crippen molar-refractivity contribution in [2.45, 2.75) is 13.8 Å². The lowest BCUT2D eigenvalue weighted by atomic mass is 10.1. The van der Waals surface area contributed by atoms with Crippen LogP contribution in [0.4, 0.5) is 5.69 Å². The summed E-state index contributed by atoms with van der Waals surface area (Å²) in [5, 5.41) is 6.91. The average Bonchev–Trinajstić information content (AvgIpc) is 3.00. The number of carbonyl (C=O) groups excluding carboxylic acids is 1. The molecule has 0 saturated heterocycles. The fraction of sp³-hybridized carbons (Fsp3) is 0.143. The molecule has 0 aliphatic carbocycles. The van der Waals surface area contributed by atoms with Crippen molar-refractivity contribution in [1.82, 2.24) is 5.16 Å². The number of nitrogens with zero attached hydrogens (tertiary/aromatic N) is 1. The Morgan fingerprint density at radius 3 is 2.38 bits per heavy atom. The molecule has 3 rings (SSSR count). The molecule has 26 heavy (non-hydrogen) atoms. The highest BCUT2D eigenvalue weighted by atomic mass is 16.5. The van der Waals surface area contributed by atoms with E-state index in [-0.39, 0.29) is 5.91 Å². The summed E-state index contributed by atoms with van der Waals surface area (Å²) < 4.78 is 10.4. The first-order valence-corrected chi connectivity index (χ1v) is 8.23. The summed E-state index contributed by atoms with van der Waals surface area (Å²) in [4.78, 5) is 12.5. The van der Waals surface area contributed by atoms with Gasteiger partial charge in [0.15, 0.2) is 5.76 Å². The minimum absolute atomic E-state index is 0.199. The third kappa shape index (κ3) is 4.00. The van der Waals surface area contributed by atoms with Crippen molar-refractivity contribution in [3.05, 3.63) is 76.7 Å². The van der Waals surface area contributed by atoms with Crippen molar-refractivity contribution >= 4 is 23.7 Å². The number of hydrogen-bond acceptors (Lipinski definition) is 4. The molecule has 3 aromatic rings. The molecule has 0 saturated carbocycles. The summed E-state index contributed by atoms with van der Waals surface area (Å²) in [5.41, 5.74) is 3.81. The van der Waals surface area contributed by atoms with Gasteiger partial charge in [-0.05, 0) is 49.8 Å². The van der Waals surface area contributed by atoms with Crippen molar-refractivity contribution in [1.29, 1.82) is 0 Å². The van der Waals surface area contributed by atoms with Crippen LogP contribution in [0.3, 0.4) is 0 Å². The monoisotopic (exact) mass is 348 g/mol. The van der Waals surface area contributed by atoms with Crippen LogP contribution >= 0.6 is 0 Å². The standard InChI is InChI=1S/C21H20N2O3/c1-14-4-9-17(10-5-14)21(24)22-20-15(2)26-23-19(20)13-8-16-6-11-18(25-3)12-7-16/h4-13H,1-3H3,(H,22,24)/b13-8+. The average molecular weight is 348 g/mol. The normalized spacial score (nSPS) is 10.9. The molecule has 0 spiro atoms. The van der Waals surface area contributed by atoms with Gasteiger partial charge >= 0.3 is 0 Å². The van der Waals surface area contributed by atoms with Crippen molar-refractivity contribution in [3.63, 3.8) is 0 Å². The third-order valence-electron chi connectivity index (χ3n) is 3.99. The fourth-order valence-corrected chi connectivity index (χ4v) is 2.44. The van der Waals surface area contributed by atoms with Gasteiger partial charge in [0.25, 0.3) is 5.91 Å². The summed E-state index contributed by atoms with van der Waals surface area (Å²) in [6.07, 6.45) is 3.71. The molecule has 0 radical (unpaired) electrons. The fourth-order valence-electron chi connectivity index (χ4n) is 2.44. The predicted molar refractivity (Wildman–Crippen MR) is 102 cm³/mol. The summed E-state index contributed by atoms with van der Waals surface area (Å²) in [6.45, 7) is 3.75. The van der Waals surface area contributed by atoms with Crippen LogP contribution in [0, 0.1) is 13.8 Å². The highest BCUT2D eigenvalue weighted by Crippen LogP contribution is 2.23. The van der Waals surface area contributed by atoms with Crippen LogP contribution < -0.4 is 10.1 Å². The van der Waals surface area contributed by atoms with E-state index in [1.165, 1.54) is 0 Å². The zero-order valence-electron chi connectivity index (χ0n) is 14.9. The first kappa shape index (κ1) is 17.5. The Morgan fingerprint density at radius 1 is 1.04 bits per heavy atom. The molecule has 0 aliphatic rings. The topological polar surface area (TPSA) is 64.4 Å². The number of methoxy groups -OCH3 is 1. The first-order chi connectivity index (χ1) is 12.6. The van der Waals surface area contributed by atoms with Gasteiger partial charge in [0, 0.05) is 5.56 Å². The number of aryl methyl sites for hydroxylation is 2. The molecule has 0 bridgehead atoms. The van der Waals surface area contributed by atoms with E-state index in [9.17, 15) is 4.79 Å². The highest BCUT2D eigenvalue weighted by Gasteiger charge is 2.14. The number of hydrogen-bond donors (Lipinski definition) is 1. The van der Waals surface area contributed by atoms with Crippen LogP contribution in [0.25, 0.3) is 12.2 Å². The molecular weight excluding hydrogens is 328 g/mol. The Morgan fingerprint density at radius 2 is 1.73 bits per heavy atom. The summed E-state index contributed by atoms with van der Waals surface area (Å²) in [5.74, 6) is 1.15. The molecule has 2 aromatic carbocycles. The minimum atomic E-state index is -0.199. The maximum Gasteiger partial charge on any atom is 0.255 e. The van der Waals surface area contributed by atoms with Gasteiger partial charge in [-0.15, -0.1) is 0 Å². The molecule has 1 heterocycles. The molecular formula is C21H20N2O3. The lowest BCUT2D eigenvalue weighted by molar-refractivity contribution is 0.102. The Kier molecular flexibility index (Phi) is 5.17. The van der Waals surface area contributed by atoms with Crippen molar-refractivity contribution in [2.75, 3.05) is 12.4 Å². The van der Waals surface area contributed by atoms with Gasteiger partial charge in [-0.25, -0.2) is 0 Å². The van der Waals surface area contributed by atoms with Crippen LogP contribution in [0.5, 0.6) is 5.75 Å². The maximum atomic E-state index is 12.5. The van der Waals surface area contributed by atoms with E-state index in [1.54, 1.807) is 26.2 Å². The van der Waals surface area contributed by atoms with Gasteiger partial charge in [0.05, 0.1) is 7.11 Å². The molecule has 5 heteroatoms. The van der Waals surface area contributed by atoms with E-state index < -0.39 is 0 Å². The Labute approximate surface area is 152 Å². The SMILES string of the molecule is COc1ccc(/C=C/c2noc(C)c2NC(=O)c2ccc(C)cc2)cc1. The van der Waals surface area contributed by atoms with Crippen LogP contribution in [0.2, 0.25) is 0 Å². The lowest BCUT2D eigenvalue weighted by Gasteiger charge is -2.05. The number of aromatic nitrogens is 1. The summed E-state index contributed by atoms with van der Waals surface area (Å²) in [7, 11) is 1.63. The summed E-state index contributed by atoms with van der Waals surface area (Å²) in [6, 6.07) is 15.0. The molecule has 0 atom stereocenters. The molecule has 1 amide bonds. The Bertz CT molecular complexity index is 923. The second-order valence-corrected chi connectivity index (χ2v) is 5.93. The van der Waals surface area contributed by atoms with Crippen molar-refractivity contribution in [2.24, 2.45) is 0 Å².